The summed E-state index contributed by atoms with van der Waals surface area (Å²) in [5, 5.41) is 16.1. The summed E-state index contributed by atoms with van der Waals surface area (Å²) in [6.07, 6.45) is 0. The number of anilines is 1. The Morgan fingerprint density at radius 1 is 1.26 bits per heavy atom. The van der Waals surface area contributed by atoms with Crippen LogP contribution in [0.5, 0.6) is 5.75 Å². The minimum absolute atomic E-state index is 0.00244. The molecule has 0 aliphatic heterocycles. The van der Waals surface area contributed by atoms with Gasteiger partial charge in [0.25, 0.3) is 11.6 Å². The monoisotopic (exact) mass is 409 g/mol. The molecule has 2 N–H and O–H groups in total. The lowest BCUT2D eigenvalue weighted by molar-refractivity contribution is -0.384. The van der Waals surface area contributed by atoms with E-state index in [1.165, 1.54) is 18.2 Å². The summed E-state index contributed by atoms with van der Waals surface area (Å²) in [5.74, 6) is -0.0963. The first kappa shape index (κ1) is 20.6. The molecule has 142 valence electrons. The number of halogens is 1. The van der Waals surface area contributed by atoms with Crippen molar-refractivity contribution in [3.63, 3.8) is 0 Å². The zero-order valence-electron chi connectivity index (χ0n) is 14.2. The molecular formula is C17H16ClN3O5S. The van der Waals surface area contributed by atoms with Crippen LogP contribution in [0.2, 0.25) is 5.02 Å². The quantitative estimate of drug-likeness (QED) is 0.312. The number of benzene rings is 2. The number of nitrogens with zero attached hydrogens (tertiary/aromatic N) is 1. The van der Waals surface area contributed by atoms with Crippen molar-refractivity contribution in [2.45, 2.75) is 0 Å². The number of amides is 1. The van der Waals surface area contributed by atoms with Gasteiger partial charge in [0, 0.05) is 18.9 Å². The largest absolute Gasteiger partial charge is 0.490 e. The normalized spacial score (nSPS) is 10.1. The lowest BCUT2D eigenvalue weighted by atomic mass is 10.2. The fraction of sp³-hybridized carbons (Fsp3) is 0.176. The summed E-state index contributed by atoms with van der Waals surface area (Å²) in [7, 11) is 1.55. The van der Waals surface area contributed by atoms with E-state index in [2.05, 4.69) is 10.6 Å². The third-order valence-electron chi connectivity index (χ3n) is 3.30. The number of carbonyl (C=O) groups is 1. The van der Waals surface area contributed by atoms with Gasteiger partial charge < -0.3 is 14.8 Å². The molecule has 0 saturated carbocycles. The maximum atomic E-state index is 12.4. The maximum Gasteiger partial charge on any atom is 0.289 e. The van der Waals surface area contributed by atoms with Crippen LogP contribution in [0.15, 0.2) is 42.5 Å². The van der Waals surface area contributed by atoms with Crippen LogP contribution in [-0.4, -0.2) is 36.3 Å². The predicted molar refractivity (Wildman–Crippen MR) is 106 cm³/mol. The van der Waals surface area contributed by atoms with Crippen LogP contribution in [0.4, 0.5) is 11.4 Å². The molecule has 2 aromatic carbocycles. The van der Waals surface area contributed by atoms with Crippen molar-refractivity contribution in [3.05, 3.63) is 63.2 Å². The molecule has 0 aliphatic carbocycles. The van der Waals surface area contributed by atoms with Gasteiger partial charge in [-0.2, -0.15) is 0 Å². The molecule has 0 aliphatic rings. The van der Waals surface area contributed by atoms with Gasteiger partial charge >= 0.3 is 0 Å². The van der Waals surface area contributed by atoms with Crippen LogP contribution < -0.4 is 15.4 Å². The second kappa shape index (κ2) is 9.81. The molecule has 0 spiro atoms. The van der Waals surface area contributed by atoms with Crippen molar-refractivity contribution in [1.82, 2.24) is 5.32 Å². The molecule has 2 rings (SSSR count). The maximum absolute atomic E-state index is 12.4. The fourth-order valence-corrected chi connectivity index (χ4v) is 2.48. The van der Waals surface area contributed by atoms with Gasteiger partial charge in [0.05, 0.1) is 17.1 Å². The van der Waals surface area contributed by atoms with Crippen molar-refractivity contribution in [2.75, 3.05) is 25.6 Å². The molecule has 0 radical (unpaired) electrons. The number of para-hydroxylation sites is 1. The van der Waals surface area contributed by atoms with Crippen molar-refractivity contribution in [3.8, 4) is 5.75 Å². The van der Waals surface area contributed by atoms with E-state index < -0.39 is 10.8 Å². The molecule has 10 heteroatoms. The van der Waals surface area contributed by atoms with E-state index in [4.69, 9.17) is 33.3 Å². The Morgan fingerprint density at radius 2 is 2.00 bits per heavy atom. The first-order chi connectivity index (χ1) is 12.9. The Morgan fingerprint density at radius 3 is 2.70 bits per heavy atom. The van der Waals surface area contributed by atoms with E-state index >= 15 is 0 Å². The number of hydrogen-bond donors (Lipinski definition) is 2. The Bertz CT molecular complexity index is 862. The highest BCUT2D eigenvalue weighted by molar-refractivity contribution is 7.80. The number of rotatable bonds is 7. The summed E-state index contributed by atoms with van der Waals surface area (Å²) >= 11 is 10.9. The van der Waals surface area contributed by atoms with Gasteiger partial charge in [-0.05, 0) is 36.5 Å². The minimum Gasteiger partial charge on any atom is -0.490 e. The topological polar surface area (TPSA) is 103 Å². The van der Waals surface area contributed by atoms with Crippen molar-refractivity contribution in [1.29, 1.82) is 0 Å². The van der Waals surface area contributed by atoms with Crippen LogP contribution in [0.1, 0.15) is 10.4 Å². The number of nitrogens with one attached hydrogen (secondary N) is 2. The van der Waals surface area contributed by atoms with Crippen LogP contribution in [0, 0.1) is 10.1 Å². The van der Waals surface area contributed by atoms with Gasteiger partial charge in [-0.25, -0.2) is 0 Å². The van der Waals surface area contributed by atoms with E-state index in [1.54, 1.807) is 31.4 Å². The zero-order chi connectivity index (χ0) is 19.8. The van der Waals surface area contributed by atoms with Gasteiger partial charge in [0.2, 0.25) is 0 Å². The van der Waals surface area contributed by atoms with E-state index in [0.717, 1.165) is 0 Å². The van der Waals surface area contributed by atoms with Crippen molar-refractivity contribution >= 4 is 46.2 Å². The van der Waals surface area contributed by atoms with Gasteiger partial charge in [0.15, 0.2) is 5.11 Å². The molecular weight excluding hydrogens is 394 g/mol. The lowest BCUT2D eigenvalue weighted by Gasteiger charge is -2.13. The number of ether oxygens (including phenoxy) is 2. The van der Waals surface area contributed by atoms with E-state index in [-0.39, 0.29) is 22.4 Å². The van der Waals surface area contributed by atoms with Gasteiger partial charge in [-0.3, -0.25) is 20.2 Å². The number of carbonyl (C=O) groups excluding carboxylic acids is 1. The number of nitro benzene ring substituents is 1. The summed E-state index contributed by atoms with van der Waals surface area (Å²) in [4.78, 5) is 22.8. The first-order valence-corrected chi connectivity index (χ1v) is 8.48. The van der Waals surface area contributed by atoms with E-state index in [1.807, 2.05) is 0 Å². The van der Waals surface area contributed by atoms with Crippen molar-refractivity contribution in [2.24, 2.45) is 0 Å². The minimum atomic E-state index is -0.608. The standard InChI is InChI=1S/C17H16ClN3O5S/c1-25-8-9-26-15-5-3-2-4-12(15)16(22)20-17(27)19-11-6-7-13(18)14(10-11)21(23)24/h2-7,10H,8-9H2,1H3,(H2,19,20,22,27). The molecule has 2 aromatic rings. The zero-order valence-corrected chi connectivity index (χ0v) is 15.8. The van der Waals surface area contributed by atoms with Gasteiger partial charge in [0.1, 0.15) is 17.4 Å². The SMILES string of the molecule is COCCOc1ccccc1C(=O)NC(=S)Nc1ccc(Cl)c([N+](=O)[O-])c1. The average molecular weight is 410 g/mol. The molecule has 0 atom stereocenters. The number of nitro groups is 1. The smallest absolute Gasteiger partial charge is 0.289 e. The molecule has 0 fully saturated rings. The number of thiocarbonyl (C=S) groups is 1. The van der Waals surface area contributed by atoms with Crippen LogP contribution in [-0.2, 0) is 4.74 Å². The Hall–Kier alpha value is -2.75. The van der Waals surface area contributed by atoms with Gasteiger partial charge in [-0.1, -0.05) is 23.7 Å². The van der Waals surface area contributed by atoms with Crippen LogP contribution in [0.3, 0.4) is 0 Å². The average Bonchev–Trinajstić information content (AvgIpc) is 2.63. The Kier molecular flexibility index (Phi) is 7.47. The highest BCUT2D eigenvalue weighted by Gasteiger charge is 2.16. The second-order valence-electron chi connectivity index (χ2n) is 5.17. The molecule has 0 heterocycles. The van der Waals surface area contributed by atoms with Crippen LogP contribution in [0.25, 0.3) is 0 Å². The van der Waals surface area contributed by atoms with E-state index in [9.17, 15) is 14.9 Å². The third kappa shape index (κ3) is 5.88. The first-order valence-electron chi connectivity index (χ1n) is 7.69. The molecule has 0 saturated heterocycles. The molecule has 0 unspecified atom stereocenters. The third-order valence-corrected chi connectivity index (χ3v) is 3.83. The van der Waals surface area contributed by atoms with Crippen LogP contribution >= 0.6 is 23.8 Å². The highest BCUT2D eigenvalue weighted by Crippen LogP contribution is 2.27. The molecule has 1 amide bonds. The molecule has 0 aromatic heterocycles. The summed E-state index contributed by atoms with van der Waals surface area (Å²) in [6.45, 7) is 0.670. The summed E-state index contributed by atoms with van der Waals surface area (Å²) in [6, 6.07) is 10.8. The highest BCUT2D eigenvalue weighted by atomic mass is 35.5. The van der Waals surface area contributed by atoms with E-state index in [0.29, 0.717) is 23.6 Å². The number of hydrogen-bond acceptors (Lipinski definition) is 6. The Balaban J connectivity index is 2.05. The van der Waals surface area contributed by atoms with Gasteiger partial charge in [-0.15, -0.1) is 0 Å². The van der Waals surface area contributed by atoms with Crippen molar-refractivity contribution < 1.29 is 19.2 Å². The summed E-state index contributed by atoms with van der Waals surface area (Å²) in [5.41, 5.74) is 0.341. The Labute approximate surface area is 165 Å². The predicted octanol–water partition coefficient (Wildman–Crippen LogP) is 3.40. The molecule has 27 heavy (non-hydrogen) atoms. The molecule has 8 nitrogen and oxygen atoms in total. The number of methoxy groups -OCH3 is 1. The second-order valence-corrected chi connectivity index (χ2v) is 5.98. The summed E-state index contributed by atoms with van der Waals surface area (Å²) < 4.78 is 10.4. The fourth-order valence-electron chi connectivity index (χ4n) is 2.08. The lowest BCUT2D eigenvalue weighted by Crippen LogP contribution is -2.34. The molecule has 0 bridgehead atoms.